The van der Waals surface area contributed by atoms with E-state index < -0.39 is 0 Å². The number of para-hydroxylation sites is 1. The minimum absolute atomic E-state index is 0.0624. The first-order valence-corrected chi connectivity index (χ1v) is 5.16. The molecule has 2 nitrogen and oxygen atoms in total. The average Bonchev–Trinajstić information content (AvgIpc) is 2.58. The lowest BCUT2D eigenvalue weighted by molar-refractivity contribution is -0.108. The molecule has 1 atom stereocenters. The summed E-state index contributed by atoms with van der Waals surface area (Å²) in [5.41, 5.74) is 2.55. The van der Waals surface area contributed by atoms with Crippen LogP contribution in [0.2, 0.25) is 0 Å². The number of aldehydes is 1. The van der Waals surface area contributed by atoms with Crippen LogP contribution < -0.4 is 4.90 Å². The van der Waals surface area contributed by atoms with E-state index in [4.69, 9.17) is 0 Å². The molecule has 0 aliphatic carbocycles. The van der Waals surface area contributed by atoms with Gasteiger partial charge in [0.1, 0.15) is 6.29 Å². The molecule has 1 unspecified atom stereocenters. The third kappa shape index (κ3) is 1.41. The smallest absolute Gasteiger partial charge is 0.142 e. The molecule has 0 bridgehead atoms. The van der Waals surface area contributed by atoms with Crippen molar-refractivity contribution in [2.45, 2.75) is 25.8 Å². The van der Waals surface area contributed by atoms with Crippen molar-refractivity contribution in [3.8, 4) is 0 Å². The molecular formula is C12H15NO. The number of benzene rings is 1. The molecule has 0 saturated heterocycles. The number of carbonyl (C=O) groups excluding carboxylic acids is 1. The van der Waals surface area contributed by atoms with Gasteiger partial charge in [-0.05, 0) is 18.1 Å². The molecule has 0 radical (unpaired) electrons. The van der Waals surface area contributed by atoms with Crippen molar-refractivity contribution in [1.82, 2.24) is 0 Å². The lowest BCUT2D eigenvalue weighted by Gasteiger charge is -2.22. The van der Waals surface area contributed by atoms with Crippen LogP contribution in [0.1, 0.15) is 18.9 Å². The maximum atomic E-state index is 10.9. The maximum absolute atomic E-state index is 10.9. The summed E-state index contributed by atoms with van der Waals surface area (Å²) in [6, 6.07) is 8.35. The van der Waals surface area contributed by atoms with Crippen LogP contribution in [-0.2, 0) is 11.2 Å². The van der Waals surface area contributed by atoms with Crippen LogP contribution in [0.5, 0.6) is 0 Å². The van der Waals surface area contributed by atoms with E-state index in [0.717, 1.165) is 25.7 Å². The predicted molar refractivity (Wildman–Crippen MR) is 57.6 cm³/mol. The first kappa shape index (κ1) is 9.25. The molecular weight excluding hydrogens is 174 g/mol. The van der Waals surface area contributed by atoms with Crippen LogP contribution in [0.3, 0.4) is 0 Å². The van der Waals surface area contributed by atoms with Gasteiger partial charge >= 0.3 is 0 Å². The van der Waals surface area contributed by atoms with E-state index in [9.17, 15) is 4.79 Å². The van der Waals surface area contributed by atoms with Gasteiger partial charge in [0.05, 0.1) is 6.04 Å². The molecule has 1 aromatic carbocycles. The standard InChI is InChI=1S/C12H15NO/c1-2-7-13-11(9-14)8-10-5-3-4-6-12(10)13/h3-6,9,11H,2,7-8H2,1H3. The second kappa shape index (κ2) is 3.82. The summed E-state index contributed by atoms with van der Waals surface area (Å²) in [6.07, 6.45) is 3.02. The SMILES string of the molecule is CCCN1c2ccccc2CC1C=O. The average molecular weight is 189 g/mol. The Hall–Kier alpha value is -1.31. The van der Waals surface area contributed by atoms with Crippen molar-refractivity contribution in [3.05, 3.63) is 29.8 Å². The number of hydrogen-bond acceptors (Lipinski definition) is 2. The number of carbonyl (C=O) groups is 1. The van der Waals surface area contributed by atoms with Crippen molar-refractivity contribution in [2.75, 3.05) is 11.4 Å². The highest BCUT2D eigenvalue weighted by Crippen LogP contribution is 2.30. The molecule has 1 aliphatic rings. The Morgan fingerprint density at radius 3 is 3.00 bits per heavy atom. The van der Waals surface area contributed by atoms with E-state index in [2.05, 4.69) is 24.0 Å². The van der Waals surface area contributed by atoms with E-state index in [1.54, 1.807) is 0 Å². The van der Waals surface area contributed by atoms with Crippen molar-refractivity contribution in [3.63, 3.8) is 0 Å². The highest BCUT2D eigenvalue weighted by molar-refractivity contribution is 5.73. The lowest BCUT2D eigenvalue weighted by atomic mass is 10.1. The summed E-state index contributed by atoms with van der Waals surface area (Å²) in [4.78, 5) is 13.1. The summed E-state index contributed by atoms with van der Waals surface area (Å²) in [6.45, 7) is 3.11. The highest BCUT2D eigenvalue weighted by Gasteiger charge is 2.27. The normalized spacial score (nSPS) is 19.5. The Morgan fingerprint density at radius 2 is 2.29 bits per heavy atom. The zero-order chi connectivity index (χ0) is 9.97. The van der Waals surface area contributed by atoms with Gasteiger partial charge in [-0.1, -0.05) is 25.1 Å². The number of fused-ring (bicyclic) bond motifs is 1. The highest BCUT2D eigenvalue weighted by atomic mass is 16.1. The summed E-state index contributed by atoms with van der Waals surface area (Å²) >= 11 is 0. The van der Waals surface area contributed by atoms with Gasteiger partial charge in [0.25, 0.3) is 0 Å². The molecule has 1 aliphatic heterocycles. The molecule has 0 aromatic heterocycles. The van der Waals surface area contributed by atoms with Gasteiger partial charge in [-0.25, -0.2) is 0 Å². The van der Waals surface area contributed by atoms with E-state index in [-0.39, 0.29) is 6.04 Å². The quantitative estimate of drug-likeness (QED) is 0.678. The summed E-state index contributed by atoms with van der Waals surface area (Å²) in [5, 5.41) is 0. The van der Waals surface area contributed by atoms with Crippen LogP contribution in [0, 0.1) is 0 Å². The summed E-state index contributed by atoms with van der Waals surface area (Å²) < 4.78 is 0. The van der Waals surface area contributed by atoms with Crippen LogP contribution in [0.25, 0.3) is 0 Å². The van der Waals surface area contributed by atoms with Crippen LogP contribution >= 0.6 is 0 Å². The Labute approximate surface area is 84.5 Å². The number of anilines is 1. The minimum atomic E-state index is 0.0624. The van der Waals surface area contributed by atoms with Gasteiger partial charge in [0.2, 0.25) is 0 Å². The Bertz CT molecular complexity index is 335. The van der Waals surface area contributed by atoms with Crippen molar-refractivity contribution < 1.29 is 4.79 Å². The fourth-order valence-electron chi connectivity index (χ4n) is 2.13. The topological polar surface area (TPSA) is 20.3 Å². The number of hydrogen-bond donors (Lipinski definition) is 0. The van der Waals surface area contributed by atoms with Crippen molar-refractivity contribution in [2.24, 2.45) is 0 Å². The largest absolute Gasteiger partial charge is 0.361 e. The van der Waals surface area contributed by atoms with Gasteiger partial charge in [0, 0.05) is 18.7 Å². The molecule has 74 valence electrons. The predicted octanol–water partition coefficient (Wildman–Crippen LogP) is 2.03. The number of rotatable bonds is 3. The fraction of sp³-hybridized carbons (Fsp3) is 0.417. The minimum Gasteiger partial charge on any atom is -0.361 e. The number of nitrogens with zero attached hydrogens (tertiary/aromatic N) is 1. The van der Waals surface area contributed by atoms with Gasteiger partial charge in [-0.3, -0.25) is 0 Å². The van der Waals surface area contributed by atoms with Gasteiger partial charge < -0.3 is 9.69 Å². The van der Waals surface area contributed by atoms with E-state index in [1.807, 2.05) is 12.1 Å². The van der Waals surface area contributed by atoms with Crippen molar-refractivity contribution >= 4 is 12.0 Å². The van der Waals surface area contributed by atoms with Crippen LogP contribution in [-0.4, -0.2) is 18.9 Å². The Balaban J connectivity index is 2.31. The van der Waals surface area contributed by atoms with E-state index >= 15 is 0 Å². The van der Waals surface area contributed by atoms with Gasteiger partial charge in [-0.15, -0.1) is 0 Å². The molecule has 0 fully saturated rings. The third-order valence-corrected chi connectivity index (χ3v) is 2.75. The molecule has 14 heavy (non-hydrogen) atoms. The van der Waals surface area contributed by atoms with Gasteiger partial charge in [0.15, 0.2) is 0 Å². The van der Waals surface area contributed by atoms with Gasteiger partial charge in [-0.2, -0.15) is 0 Å². The Morgan fingerprint density at radius 1 is 1.50 bits per heavy atom. The molecule has 2 rings (SSSR count). The molecule has 2 heteroatoms. The first-order chi connectivity index (χ1) is 6.86. The fourth-order valence-corrected chi connectivity index (χ4v) is 2.13. The zero-order valence-corrected chi connectivity index (χ0v) is 8.44. The molecule has 0 spiro atoms. The molecule has 0 N–H and O–H groups in total. The van der Waals surface area contributed by atoms with E-state index in [0.29, 0.717) is 0 Å². The second-order valence-electron chi connectivity index (χ2n) is 3.73. The first-order valence-electron chi connectivity index (χ1n) is 5.16. The molecule has 0 saturated carbocycles. The zero-order valence-electron chi connectivity index (χ0n) is 8.44. The second-order valence-corrected chi connectivity index (χ2v) is 3.73. The van der Waals surface area contributed by atoms with Crippen LogP contribution in [0.4, 0.5) is 5.69 Å². The monoisotopic (exact) mass is 189 g/mol. The summed E-state index contributed by atoms with van der Waals surface area (Å²) in [5.74, 6) is 0. The van der Waals surface area contributed by atoms with Crippen molar-refractivity contribution in [1.29, 1.82) is 0 Å². The molecule has 0 amide bonds. The molecule has 1 heterocycles. The summed E-state index contributed by atoms with van der Waals surface area (Å²) in [7, 11) is 0. The third-order valence-electron chi connectivity index (χ3n) is 2.75. The maximum Gasteiger partial charge on any atom is 0.142 e. The lowest BCUT2D eigenvalue weighted by Crippen LogP contribution is -2.33. The van der Waals surface area contributed by atoms with Crippen LogP contribution in [0.15, 0.2) is 24.3 Å². The van der Waals surface area contributed by atoms with E-state index in [1.165, 1.54) is 11.3 Å². The Kier molecular flexibility index (Phi) is 2.53. The molecule has 1 aromatic rings.